The van der Waals surface area contributed by atoms with Crippen molar-refractivity contribution in [3.8, 4) is 11.5 Å². The second-order valence-corrected chi connectivity index (χ2v) is 4.76. The molecule has 1 unspecified atom stereocenters. The smallest absolute Gasteiger partial charge is 0.161 e. The number of hydrogen-bond acceptors (Lipinski definition) is 4. The van der Waals surface area contributed by atoms with Crippen LogP contribution in [0.1, 0.15) is 24.2 Å². The first-order chi connectivity index (χ1) is 10.3. The Morgan fingerprint density at radius 1 is 1.24 bits per heavy atom. The molecule has 0 saturated carbocycles. The van der Waals surface area contributed by atoms with Crippen molar-refractivity contribution in [3.63, 3.8) is 0 Å². The first kappa shape index (κ1) is 13.8. The fourth-order valence-corrected chi connectivity index (χ4v) is 2.43. The summed E-state index contributed by atoms with van der Waals surface area (Å²) in [4.78, 5) is 4.18. The molecule has 1 aliphatic heterocycles. The number of aromatic nitrogens is 1. The van der Waals surface area contributed by atoms with Crippen molar-refractivity contribution in [2.24, 2.45) is 0 Å². The molecular weight excluding hydrogens is 271 g/mol. The van der Waals surface area contributed by atoms with Gasteiger partial charge < -0.3 is 14.8 Å². The summed E-state index contributed by atoms with van der Waals surface area (Å²) in [7, 11) is 0. The van der Waals surface area contributed by atoms with Crippen LogP contribution in [0.3, 0.4) is 0 Å². The van der Waals surface area contributed by atoms with Gasteiger partial charge in [-0.3, -0.25) is 4.98 Å². The van der Waals surface area contributed by atoms with Gasteiger partial charge in [0.05, 0.1) is 11.7 Å². The maximum absolute atomic E-state index is 14.0. The van der Waals surface area contributed by atoms with E-state index in [2.05, 4.69) is 10.3 Å². The highest BCUT2D eigenvalue weighted by Crippen LogP contribution is 2.34. The molecule has 3 rings (SSSR count). The number of rotatable bonds is 4. The van der Waals surface area contributed by atoms with E-state index in [0.29, 0.717) is 31.2 Å². The van der Waals surface area contributed by atoms with Crippen molar-refractivity contribution in [1.82, 2.24) is 10.3 Å². The van der Waals surface area contributed by atoms with Crippen LogP contribution in [0, 0.1) is 5.82 Å². The molecule has 2 aromatic rings. The van der Waals surface area contributed by atoms with E-state index in [0.717, 1.165) is 11.3 Å². The van der Waals surface area contributed by atoms with Gasteiger partial charge in [-0.15, -0.1) is 0 Å². The van der Waals surface area contributed by atoms with Gasteiger partial charge in [0, 0.05) is 6.20 Å². The summed E-state index contributed by atoms with van der Waals surface area (Å²) in [6.07, 6.45) is 1.60. The average Bonchev–Trinajstić information content (AvgIpc) is 2.53. The van der Waals surface area contributed by atoms with Crippen LogP contribution in [0.25, 0.3) is 0 Å². The van der Waals surface area contributed by atoms with Gasteiger partial charge in [0.2, 0.25) is 0 Å². The second kappa shape index (κ2) is 6.10. The first-order valence-electron chi connectivity index (χ1n) is 7.03. The van der Waals surface area contributed by atoms with Gasteiger partial charge in [-0.1, -0.05) is 13.0 Å². The molecule has 0 fully saturated rings. The summed E-state index contributed by atoms with van der Waals surface area (Å²) < 4.78 is 25.1. The van der Waals surface area contributed by atoms with Crippen molar-refractivity contribution >= 4 is 0 Å². The number of fused-ring (bicyclic) bond motifs is 1. The fourth-order valence-electron chi connectivity index (χ4n) is 2.43. The molecular formula is C16H17FN2O2. The minimum absolute atomic E-state index is 0.313. The molecule has 5 heteroatoms. The maximum atomic E-state index is 14.0. The monoisotopic (exact) mass is 288 g/mol. The summed E-state index contributed by atoms with van der Waals surface area (Å²) in [5.41, 5.74) is 1.29. The standard InChI is InChI=1S/C16H17FN2O2/c1-2-18-15(16-12(17)4-3-7-19-16)11-5-6-13-14(10-11)21-9-8-20-13/h3-7,10,15,18H,2,8-9H2,1H3. The van der Waals surface area contributed by atoms with Crippen LogP contribution in [0.5, 0.6) is 11.5 Å². The van der Waals surface area contributed by atoms with Crippen LogP contribution in [-0.4, -0.2) is 24.7 Å². The molecule has 0 bridgehead atoms. The van der Waals surface area contributed by atoms with Crippen molar-refractivity contribution in [2.75, 3.05) is 19.8 Å². The van der Waals surface area contributed by atoms with Gasteiger partial charge in [0.25, 0.3) is 0 Å². The predicted molar refractivity (Wildman–Crippen MR) is 77.1 cm³/mol. The number of ether oxygens (including phenoxy) is 2. The highest BCUT2D eigenvalue weighted by atomic mass is 19.1. The molecule has 0 saturated heterocycles. The van der Waals surface area contributed by atoms with Gasteiger partial charge in [0.1, 0.15) is 19.0 Å². The number of nitrogens with zero attached hydrogens (tertiary/aromatic N) is 1. The zero-order valence-corrected chi connectivity index (χ0v) is 11.8. The van der Waals surface area contributed by atoms with Crippen molar-refractivity contribution in [2.45, 2.75) is 13.0 Å². The summed E-state index contributed by atoms with van der Waals surface area (Å²) in [5.74, 6) is 1.10. The Balaban J connectivity index is 1.99. The van der Waals surface area contributed by atoms with E-state index in [1.165, 1.54) is 6.07 Å². The molecule has 110 valence electrons. The third-order valence-corrected chi connectivity index (χ3v) is 3.37. The molecule has 4 nitrogen and oxygen atoms in total. The Morgan fingerprint density at radius 2 is 2.05 bits per heavy atom. The van der Waals surface area contributed by atoms with E-state index < -0.39 is 0 Å². The van der Waals surface area contributed by atoms with E-state index in [-0.39, 0.29) is 11.9 Å². The van der Waals surface area contributed by atoms with Crippen molar-refractivity contribution in [1.29, 1.82) is 0 Å². The van der Waals surface area contributed by atoms with E-state index in [1.807, 2.05) is 25.1 Å². The van der Waals surface area contributed by atoms with Gasteiger partial charge in [0.15, 0.2) is 11.5 Å². The number of halogens is 1. The zero-order chi connectivity index (χ0) is 14.7. The molecule has 2 heterocycles. The van der Waals surface area contributed by atoms with E-state index in [1.54, 1.807) is 12.3 Å². The van der Waals surface area contributed by atoms with Crippen LogP contribution in [0.2, 0.25) is 0 Å². The highest BCUT2D eigenvalue weighted by molar-refractivity contribution is 5.46. The van der Waals surface area contributed by atoms with Gasteiger partial charge in [-0.2, -0.15) is 0 Å². The molecule has 1 aromatic heterocycles. The van der Waals surface area contributed by atoms with Gasteiger partial charge in [-0.05, 0) is 36.4 Å². The third-order valence-electron chi connectivity index (χ3n) is 3.37. The molecule has 1 N–H and O–H groups in total. The second-order valence-electron chi connectivity index (χ2n) is 4.76. The number of nitrogens with one attached hydrogen (secondary N) is 1. The molecule has 1 atom stereocenters. The normalized spacial score (nSPS) is 14.8. The Labute approximate surface area is 122 Å². The number of benzene rings is 1. The van der Waals surface area contributed by atoms with Gasteiger partial charge in [-0.25, -0.2) is 4.39 Å². The number of pyridine rings is 1. The van der Waals surface area contributed by atoms with Crippen LogP contribution in [0.4, 0.5) is 4.39 Å². The first-order valence-corrected chi connectivity index (χ1v) is 7.03. The third kappa shape index (κ3) is 2.83. The SMILES string of the molecule is CCNC(c1ccc2c(c1)OCCO2)c1ncccc1F. The Hall–Kier alpha value is -2.14. The molecule has 1 aromatic carbocycles. The van der Waals surface area contributed by atoms with Crippen LogP contribution < -0.4 is 14.8 Å². The van der Waals surface area contributed by atoms with Crippen LogP contribution in [-0.2, 0) is 0 Å². The quantitative estimate of drug-likeness (QED) is 0.939. The molecule has 0 amide bonds. The Bertz CT molecular complexity index is 633. The lowest BCUT2D eigenvalue weighted by atomic mass is 10.0. The lowest BCUT2D eigenvalue weighted by Crippen LogP contribution is -2.24. The molecule has 1 aliphatic rings. The maximum Gasteiger partial charge on any atom is 0.161 e. The summed E-state index contributed by atoms with van der Waals surface area (Å²) in [5, 5.41) is 3.26. The fraction of sp³-hybridized carbons (Fsp3) is 0.312. The number of hydrogen-bond donors (Lipinski definition) is 1. The van der Waals surface area contributed by atoms with Crippen LogP contribution in [0.15, 0.2) is 36.5 Å². The lowest BCUT2D eigenvalue weighted by Gasteiger charge is -2.22. The Morgan fingerprint density at radius 3 is 2.81 bits per heavy atom. The summed E-state index contributed by atoms with van der Waals surface area (Å²) >= 11 is 0. The van der Waals surface area contributed by atoms with E-state index >= 15 is 0 Å². The molecule has 21 heavy (non-hydrogen) atoms. The average molecular weight is 288 g/mol. The summed E-state index contributed by atoms with van der Waals surface area (Å²) in [6, 6.07) is 8.35. The molecule has 0 spiro atoms. The molecule has 0 radical (unpaired) electrons. The minimum atomic E-state index is -0.321. The molecule has 0 aliphatic carbocycles. The van der Waals surface area contributed by atoms with E-state index in [9.17, 15) is 4.39 Å². The van der Waals surface area contributed by atoms with Crippen molar-refractivity contribution < 1.29 is 13.9 Å². The zero-order valence-electron chi connectivity index (χ0n) is 11.8. The lowest BCUT2D eigenvalue weighted by molar-refractivity contribution is 0.171. The van der Waals surface area contributed by atoms with E-state index in [4.69, 9.17) is 9.47 Å². The summed E-state index contributed by atoms with van der Waals surface area (Å²) in [6.45, 7) is 3.76. The Kier molecular flexibility index (Phi) is 4.01. The van der Waals surface area contributed by atoms with Crippen molar-refractivity contribution in [3.05, 3.63) is 53.6 Å². The highest BCUT2D eigenvalue weighted by Gasteiger charge is 2.21. The predicted octanol–water partition coefficient (Wildman–Crippen LogP) is 2.69. The van der Waals surface area contributed by atoms with Crippen LogP contribution >= 0.6 is 0 Å². The minimum Gasteiger partial charge on any atom is -0.486 e. The largest absolute Gasteiger partial charge is 0.486 e. The topological polar surface area (TPSA) is 43.4 Å². The van der Waals surface area contributed by atoms with Gasteiger partial charge >= 0.3 is 0 Å².